The average Bonchev–Trinajstić information content (AvgIpc) is 3.65. The van der Waals surface area contributed by atoms with Gasteiger partial charge in [-0.25, -0.2) is 0 Å². The highest BCUT2D eigenvalue weighted by molar-refractivity contribution is 5.21. The molecule has 55 heavy (non-hydrogen) atoms. The van der Waals surface area contributed by atoms with Gasteiger partial charge in [-0.1, -0.05) is 34.6 Å². The third-order valence-electron chi connectivity index (χ3n) is 17.0. The molecule has 14 nitrogen and oxygen atoms in total. The Balaban J connectivity index is 1.10. The van der Waals surface area contributed by atoms with E-state index in [9.17, 15) is 46.0 Å². The van der Waals surface area contributed by atoms with Gasteiger partial charge in [0.25, 0.3) is 0 Å². The summed E-state index contributed by atoms with van der Waals surface area (Å²) >= 11 is 0. The van der Waals surface area contributed by atoms with E-state index in [2.05, 4.69) is 41.5 Å². The maximum atomic E-state index is 12.3. The SMILES string of the molecule is CC(C)(O)[C@@H]1O[C@](C)([C@@H]2CC[C@]3(C)[C@H]2[C@@H](O)C[C@H]2[C@@]4(C)CC[C@@H](O[C@@H]5OC[C@@H](O)[C@@H](O)[C@H]5O[C@H]5O[C@@H](CO)[C@@H](O)[C@@H](O)[C@@H]5O)C(C)(C)[C@@H]4CC[C@@]23C)C[C@@H]1O. The second-order valence-corrected chi connectivity index (χ2v) is 20.8. The first-order chi connectivity index (χ1) is 25.4. The first-order valence-electron chi connectivity index (χ1n) is 20.8. The highest BCUT2D eigenvalue weighted by Gasteiger charge is 2.72. The van der Waals surface area contributed by atoms with Crippen LogP contribution in [-0.4, -0.2) is 150 Å². The summed E-state index contributed by atoms with van der Waals surface area (Å²) in [4.78, 5) is 0. The van der Waals surface area contributed by atoms with Crippen molar-refractivity contribution in [2.24, 2.45) is 45.3 Å². The van der Waals surface area contributed by atoms with Crippen LogP contribution in [0.3, 0.4) is 0 Å². The zero-order chi connectivity index (χ0) is 40.4. The molecule has 318 valence electrons. The van der Waals surface area contributed by atoms with Crippen molar-refractivity contribution in [3.8, 4) is 0 Å². The van der Waals surface area contributed by atoms with Gasteiger partial charge < -0.3 is 69.6 Å². The molecule has 0 unspecified atom stereocenters. The fourth-order valence-corrected chi connectivity index (χ4v) is 14.0. The van der Waals surface area contributed by atoms with Crippen LogP contribution in [0, 0.1) is 45.3 Å². The summed E-state index contributed by atoms with van der Waals surface area (Å²) in [5, 5.41) is 96.8. The van der Waals surface area contributed by atoms with Crippen LogP contribution in [-0.2, 0) is 23.7 Å². The highest BCUT2D eigenvalue weighted by atomic mass is 16.8. The largest absolute Gasteiger partial charge is 0.394 e. The van der Waals surface area contributed by atoms with E-state index in [4.69, 9.17) is 23.7 Å². The molecule has 9 N–H and O–H groups in total. The zero-order valence-electron chi connectivity index (χ0n) is 34.0. The van der Waals surface area contributed by atoms with E-state index in [1.807, 2.05) is 0 Å². The fourth-order valence-electron chi connectivity index (χ4n) is 14.0. The van der Waals surface area contributed by atoms with E-state index in [1.54, 1.807) is 13.8 Å². The molecule has 3 saturated heterocycles. The highest BCUT2D eigenvalue weighted by Crippen LogP contribution is 2.76. The maximum Gasteiger partial charge on any atom is 0.187 e. The molecule has 0 spiro atoms. The lowest BCUT2D eigenvalue weighted by Gasteiger charge is -2.70. The maximum absolute atomic E-state index is 12.3. The Morgan fingerprint density at radius 1 is 0.709 bits per heavy atom. The van der Waals surface area contributed by atoms with E-state index in [0.717, 1.165) is 32.1 Å². The minimum Gasteiger partial charge on any atom is -0.394 e. The van der Waals surface area contributed by atoms with Crippen molar-refractivity contribution in [1.29, 1.82) is 0 Å². The van der Waals surface area contributed by atoms with E-state index in [0.29, 0.717) is 19.3 Å². The molecule has 0 radical (unpaired) electrons. The summed E-state index contributed by atoms with van der Waals surface area (Å²) in [5.41, 5.74) is -2.61. The van der Waals surface area contributed by atoms with Crippen LogP contribution in [0.2, 0.25) is 0 Å². The minimum atomic E-state index is -1.71. The summed E-state index contributed by atoms with van der Waals surface area (Å²) in [6.07, 6.45) is -9.03. The van der Waals surface area contributed by atoms with Crippen LogP contribution in [0.5, 0.6) is 0 Å². The van der Waals surface area contributed by atoms with E-state index in [1.165, 1.54) is 0 Å². The molecular formula is C41H70O14. The van der Waals surface area contributed by atoms with Crippen LogP contribution in [0.1, 0.15) is 107 Å². The van der Waals surface area contributed by atoms with Gasteiger partial charge >= 0.3 is 0 Å². The summed E-state index contributed by atoms with van der Waals surface area (Å²) in [6, 6.07) is 0. The summed E-state index contributed by atoms with van der Waals surface area (Å²) in [7, 11) is 0. The number of hydrogen-bond acceptors (Lipinski definition) is 14. The molecule has 0 aromatic heterocycles. The lowest BCUT2D eigenvalue weighted by Crippen LogP contribution is -2.67. The molecule has 0 aromatic carbocycles. The predicted octanol–water partition coefficient (Wildman–Crippen LogP) is 0.970. The quantitative estimate of drug-likeness (QED) is 0.164. The van der Waals surface area contributed by atoms with Crippen molar-refractivity contribution < 1.29 is 69.6 Å². The molecule has 7 aliphatic rings. The van der Waals surface area contributed by atoms with E-state index < -0.39 is 91.4 Å². The van der Waals surface area contributed by atoms with Gasteiger partial charge in [0, 0.05) is 6.42 Å². The van der Waals surface area contributed by atoms with Crippen molar-refractivity contribution in [2.45, 2.75) is 198 Å². The summed E-state index contributed by atoms with van der Waals surface area (Å²) in [5.74, 6) is 0.473. The first kappa shape index (κ1) is 42.6. The molecule has 4 saturated carbocycles. The van der Waals surface area contributed by atoms with Crippen LogP contribution < -0.4 is 0 Å². The van der Waals surface area contributed by atoms with Crippen LogP contribution in [0.25, 0.3) is 0 Å². The Bertz CT molecular complexity index is 1390. The smallest absolute Gasteiger partial charge is 0.187 e. The van der Waals surface area contributed by atoms with Gasteiger partial charge in [-0.15, -0.1) is 0 Å². The van der Waals surface area contributed by atoms with Crippen molar-refractivity contribution in [3.05, 3.63) is 0 Å². The molecule has 14 heteroatoms. The van der Waals surface area contributed by atoms with Gasteiger partial charge in [-0.3, -0.25) is 0 Å². The molecule has 0 aromatic rings. The second-order valence-electron chi connectivity index (χ2n) is 20.8. The van der Waals surface area contributed by atoms with E-state index >= 15 is 0 Å². The summed E-state index contributed by atoms with van der Waals surface area (Å²) in [6.45, 7) is 16.2. The van der Waals surface area contributed by atoms with Gasteiger partial charge in [-0.2, -0.15) is 0 Å². The minimum absolute atomic E-state index is 0.00908. The lowest BCUT2D eigenvalue weighted by molar-refractivity contribution is -0.367. The summed E-state index contributed by atoms with van der Waals surface area (Å²) < 4.78 is 30.8. The molecule has 3 heterocycles. The number of hydrogen-bond donors (Lipinski definition) is 9. The number of aliphatic hydroxyl groups is 9. The third kappa shape index (κ3) is 6.50. The Hall–Kier alpha value is -0.560. The van der Waals surface area contributed by atoms with Crippen LogP contribution in [0.15, 0.2) is 0 Å². The van der Waals surface area contributed by atoms with Crippen molar-refractivity contribution in [3.63, 3.8) is 0 Å². The Labute approximate surface area is 325 Å². The first-order valence-corrected chi connectivity index (χ1v) is 20.8. The Kier molecular flexibility index (Phi) is 11.1. The monoisotopic (exact) mass is 786 g/mol. The molecule has 0 bridgehead atoms. The Morgan fingerprint density at radius 2 is 1.38 bits per heavy atom. The van der Waals surface area contributed by atoms with Gasteiger partial charge in [0.05, 0.1) is 42.7 Å². The zero-order valence-corrected chi connectivity index (χ0v) is 34.0. The van der Waals surface area contributed by atoms with Gasteiger partial charge in [-0.05, 0) is 111 Å². The number of ether oxygens (including phenoxy) is 5. The van der Waals surface area contributed by atoms with Crippen LogP contribution in [0.4, 0.5) is 0 Å². The normalized spacial score (nSPS) is 56.8. The third-order valence-corrected chi connectivity index (χ3v) is 17.0. The second kappa shape index (κ2) is 14.3. The van der Waals surface area contributed by atoms with Gasteiger partial charge in [0.1, 0.15) is 48.8 Å². The average molecular weight is 787 g/mol. The topological polar surface area (TPSA) is 228 Å². The lowest BCUT2D eigenvalue weighted by atomic mass is 9.35. The molecule has 7 fully saturated rings. The van der Waals surface area contributed by atoms with Crippen molar-refractivity contribution >= 4 is 0 Å². The molecule has 4 aliphatic carbocycles. The van der Waals surface area contributed by atoms with Crippen molar-refractivity contribution in [1.82, 2.24) is 0 Å². The predicted molar refractivity (Wildman–Crippen MR) is 196 cm³/mol. The molecule has 21 atom stereocenters. The molecular weight excluding hydrogens is 716 g/mol. The fraction of sp³-hybridized carbons (Fsp3) is 1.00. The number of aliphatic hydroxyl groups excluding tert-OH is 8. The molecule has 0 amide bonds. The Morgan fingerprint density at radius 3 is 2.02 bits per heavy atom. The number of rotatable bonds is 7. The molecule has 3 aliphatic heterocycles. The van der Waals surface area contributed by atoms with E-state index in [-0.39, 0.29) is 58.0 Å². The van der Waals surface area contributed by atoms with Crippen LogP contribution >= 0.6 is 0 Å². The van der Waals surface area contributed by atoms with Gasteiger partial charge in [0.2, 0.25) is 0 Å². The molecule has 7 rings (SSSR count). The standard InChI is InChI=1S/C41H70O14/c1-36(2)24-10-14-39(6)25(15-20(43)27-19(9-13-40(27,39)7)41(8)16-21(44)33(55-41)37(3,4)50)38(24,5)12-11-26(36)53-35-32(28(46)22(45)18-51-35)54-34-31(49)30(48)29(47)23(17-42)52-34/h19-35,42-50H,9-18H2,1-8H3/t19-,20+,21+,22-,23+,24+,25+,26-,27-,28-,29-,30-,31+,32-,33-,34-,35+,38+,39+,40-,41+/m1/s1. The van der Waals surface area contributed by atoms with Crippen molar-refractivity contribution in [2.75, 3.05) is 13.2 Å². The number of fused-ring (bicyclic) bond motifs is 5. The van der Waals surface area contributed by atoms with Gasteiger partial charge in [0.15, 0.2) is 12.6 Å².